The third-order valence-electron chi connectivity index (χ3n) is 5.22. The summed E-state index contributed by atoms with van der Waals surface area (Å²) in [5.74, 6) is 0.101. The summed E-state index contributed by atoms with van der Waals surface area (Å²) in [5.41, 5.74) is 2.09. The van der Waals surface area contributed by atoms with Gasteiger partial charge in [0.15, 0.2) is 5.13 Å². The van der Waals surface area contributed by atoms with Crippen LogP contribution in [0.2, 0.25) is 0 Å². The fraction of sp³-hybridized carbons (Fsp3) is 0.600. The SMILES string of the molecule is CCN(CC)CCCn1c2c(c(SCC(=O)Nc3nccs3)nc1=O)CCCC2. The lowest BCUT2D eigenvalue weighted by Crippen LogP contribution is -2.32. The molecule has 0 aliphatic heterocycles. The highest BCUT2D eigenvalue weighted by atomic mass is 32.2. The van der Waals surface area contributed by atoms with E-state index in [1.54, 1.807) is 6.20 Å². The van der Waals surface area contributed by atoms with Gasteiger partial charge in [-0.05, 0) is 51.7 Å². The van der Waals surface area contributed by atoms with E-state index in [0.29, 0.717) is 11.7 Å². The van der Waals surface area contributed by atoms with Crippen LogP contribution in [-0.2, 0) is 24.2 Å². The Morgan fingerprint density at radius 3 is 2.83 bits per heavy atom. The van der Waals surface area contributed by atoms with E-state index in [1.807, 2.05) is 9.95 Å². The number of nitrogens with zero attached hydrogens (tertiary/aromatic N) is 4. The third kappa shape index (κ3) is 5.90. The number of anilines is 1. The van der Waals surface area contributed by atoms with Crippen LogP contribution in [0.1, 0.15) is 44.4 Å². The largest absolute Gasteiger partial charge is 0.348 e. The van der Waals surface area contributed by atoms with Crippen LogP contribution in [0.15, 0.2) is 21.4 Å². The van der Waals surface area contributed by atoms with E-state index in [1.165, 1.54) is 23.1 Å². The van der Waals surface area contributed by atoms with E-state index in [4.69, 9.17) is 0 Å². The third-order valence-corrected chi connectivity index (χ3v) is 6.93. The smallest absolute Gasteiger partial charge is 0.304 e. The zero-order chi connectivity index (χ0) is 20.6. The van der Waals surface area contributed by atoms with E-state index in [-0.39, 0.29) is 17.3 Å². The summed E-state index contributed by atoms with van der Waals surface area (Å²) in [5, 5.41) is 5.91. The topological polar surface area (TPSA) is 80.1 Å². The molecule has 1 N–H and O–H groups in total. The highest BCUT2D eigenvalue weighted by Crippen LogP contribution is 2.28. The zero-order valence-electron chi connectivity index (χ0n) is 17.1. The Morgan fingerprint density at radius 2 is 2.10 bits per heavy atom. The number of thiazole rings is 1. The number of amides is 1. The number of rotatable bonds is 10. The van der Waals surface area contributed by atoms with Gasteiger partial charge in [0, 0.05) is 29.4 Å². The molecule has 9 heteroatoms. The number of hydrogen-bond acceptors (Lipinski definition) is 7. The number of aromatic nitrogens is 3. The average molecular weight is 436 g/mol. The fourth-order valence-corrected chi connectivity index (χ4v) is 5.09. The van der Waals surface area contributed by atoms with Gasteiger partial charge in [0.2, 0.25) is 5.91 Å². The van der Waals surface area contributed by atoms with E-state index < -0.39 is 0 Å². The van der Waals surface area contributed by atoms with Gasteiger partial charge in [0.25, 0.3) is 0 Å². The van der Waals surface area contributed by atoms with Gasteiger partial charge in [-0.25, -0.2) is 9.78 Å². The van der Waals surface area contributed by atoms with Crippen molar-refractivity contribution >= 4 is 34.1 Å². The van der Waals surface area contributed by atoms with Gasteiger partial charge in [-0.1, -0.05) is 25.6 Å². The van der Waals surface area contributed by atoms with Crippen LogP contribution in [-0.4, -0.2) is 50.7 Å². The maximum atomic E-state index is 12.7. The van der Waals surface area contributed by atoms with Crippen molar-refractivity contribution in [1.82, 2.24) is 19.4 Å². The van der Waals surface area contributed by atoms with Gasteiger partial charge >= 0.3 is 5.69 Å². The van der Waals surface area contributed by atoms with E-state index in [2.05, 4.69) is 34.0 Å². The van der Waals surface area contributed by atoms with E-state index >= 15 is 0 Å². The molecule has 2 heterocycles. The second-order valence-electron chi connectivity index (χ2n) is 7.04. The summed E-state index contributed by atoms with van der Waals surface area (Å²) in [6, 6.07) is 0. The first kappa shape index (κ1) is 22.0. The van der Waals surface area contributed by atoms with Gasteiger partial charge in [-0.2, -0.15) is 4.98 Å². The van der Waals surface area contributed by atoms with Crippen molar-refractivity contribution in [2.75, 3.05) is 30.7 Å². The Balaban J connectivity index is 1.69. The molecule has 2 aromatic rings. The fourth-order valence-electron chi connectivity index (χ4n) is 3.66. The van der Waals surface area contributed by atoms with Crippen LogP contribution in [0.4, 0.5) is 5.13 Å². The normalized spacial score (nSPS) is 13.5. The minimum Gasteiger partial charge on any atom is -0.304 e. The van der Waals surface area contributed by atoms with Crippen molar-refractivity contribution < 1.29 is 4.79 Å². The molecule has 1 aliphatic carbocycles. The monoisotopic (exact) mass is 435 g/mol. The van der Waals surface area contributed by atoms with Gasteiger partial charge in [0.1, 0.15) is 5.03 Å². The highest BCUT2D eigenvalue weighted by Gasteiger charge is 2.21. The van der Waals surface area contributed by atoms with Crippen LogP contribution in [0.25, 0.3) is 0 Å². The maximum Gasteiger partial charge on any atom is 0.348 e. The molecule has 0 radical (unpaired) electrons. The Labute approximate surface area is 179 Å². The molecular formula is C20H29N5O2S2. The second kappa shape index (κ2) is 10.9. The molecule has 3 rings (SSSR count). The first-order valence-corrected chi connectivity index (χ1v) is 12.2. The Morgan fingerprint density at radius 1 is 1.31 bits per heavy atom. The van der Waals surface area contributed by atoms with Crippen LogP contribution < -0.4 is 11.0 Å². The van der Waals surface area contributed by atoms with Crippen LogP contribution >= 0.6 is 23.1 Å². The van der Waals surface area contributed by atoms with E-state index in [9.17, 15) is 9.59 Å². The van der Waals surface area contributed by atoms with Crippen LogP contribution in [0.5, 0.6) is 0 Å². The molecule has 7 nitrogen and oxygen atoms in total. The van der Waals surface area contributed by atoms with Gasteiger partial charge in [-0.15, -0.1) is 11.3 Å². The number of nitrogens with one attached hydrogen (secondary N) is 1. The summed E-state index contributed by atoms with van der Waals surface area (Å²) in [6.07, 6.45) is 6.64. The van der Waals surface area contributed by atoms with Crippen molar-refractivity contribution in [3.63, 3.8) is 0 Å². The molecule has 158 valence electrons. The van der Waals surface area contributed by atoms with Crippen LogP contribution in [0, 0.1) is 0 Å². The lowest BCUT2D eigenvalue weighted by Gasteiger charge is -2.23. The van der Waals surface area contributed by atoms with Gasteiger partial charge in [0.05, 0.1) is 5.75 Å². The van der Waals surface area contributed by atoms with Crippen molar-refractivity contribution in [3.8, 4) is 0 Å². The van der Waals surface area contributed by atoms with Crippen molar-refractivity contribution in [1.29, 1.82) is 0 Å². The molecule has 1 amide bonds. The average Bonchev–Trinajstić information content (AvgIpc) is 3.24. The molecule has 0 aromatic carbocycles. The summed E-state index contributed by atoms with van der Waals surface area (Å²) in [7, 11) is 0. The molecule has 0 atom stereocenters. The predicted molar refractivity (Wildman–Crippen MR) is 119 cm³/mol. The molecule has 2 aromatic heterocycles. The summed E-state index contributed by atoms with van der Waals surface area (Å²) in [6.45, 7) is 8.08. The van der Waals surface area contributed by atoms with Crippen molar-refractivity contribution in [2.24, 2.45) is 0 Å². The number of hydrogen-bond donors (Lipinski definition) is 1. The van der Waals surface area contributed by atoms with Crippen molar-refractivity contribution in [3.05, 3.63) is 33.3 Å². The summed E-state index contributed by atoms with van der Waals surface area (Å²) < 4.78 is 1.87. The molecule has 0 fully saturated rings. The second-order valence-corrected chi connectivity index (χ2v) is 8.90. The van der Waals surface area contributed by atoms with Gasteiger partial charge in [-0.3, -0.25) is 9.36 Å². The number of carbonyl (C=O) groups is 1. The van der Waals surface area contributed by atoms with Gasteiger partial charge < -0.3 is 10.2 Å². The number of carbonyl (C=O) groups excluding carboxylic acids is 1. The summed E-state index contributed by atoms with van der Waals surface area (Å²) in [4.78, 5) is 35.7. The van der Waals surface area contributed by atoms with E-state index in [0.717, 1.165) is 68.0 Å². The van der Waals surface area contributed by atoms with Crippen LogP contribution in [0.3, 0.4) is 0 Å². The Kier molecular flexibility index (Phi) is 8.26. The van der Waals surface area contributed by atoms with Crippen molar-refractivity contribution in [2.45, 2.75) is 57.5 Å². The molecule has 0 unspecified atom stereocenters. The standard InChI is InChI=1S/C20H29N5O2S2/c1-3-24(4-2)11-7-12-25-16-9-6-5-8-15(16)18(23-20(25)27)29-14-17(26)22-19-21-10-13-28-19/h10,13H,3-9,11-12,14H2,1-2H3,(H,21,22,26). The molecule has 0 spiro atoms. The molecule has 29 heavy (non-hydrogen) atoms. The highest BCUT2D eigenvalue weighted by molar-refractivity contribution is 8.00. The quantitative estimate of drug-likeness (QED) is 0.456. The lowest BCUT2D eigenvalue weighted by atomic mass is 9.97. The Bertz CT molecular complexity index is 862. The Hall–Kier alpha value is -1.71. The molecule has 0 saturated carbocycles. The summed E-state index contributed by atoms with van der Waals surface area (Å²) >= 11 is 2.74. The minimum atomic E-state index is -0.187. The maximum absolute atomic E-state index is 12.7. The lowest BCUT2D eigenvalue weighted by molar-refractivity contribution is -0.113. The first-order chi connectivity index (χ1) is 14.1. The molecular weight excluding hydrogens is 406 g/mol. The molecule has 1 aliphatic rings. The number of fused-ring (bicyclic) bond motifs is 1. The zero-order valence-corrected chi connectivity index (χ0v) is 18.8. The first-order valence-electron chi connectivity index (χ1n) is 10.3. The molecule has 0 bridgehead atoms. The number of thioether (sulfide) groups is 1. The minimum absolute atomic E-state index is 0.125. The predicted octanol–water partition coefficient (Wildman–Crippen LogP) is 3.04. The molecule has 0 saturated heterocycles.